The van der Waals surface area contributed by atoms with Gasteiger partial charge in [-0.2, -0.15) is 0 Å². The monoisotopic (exact) mass is 283 g/mol. The van der Waals surface area contributed by atoms with Crippen LogP contribution in [0.5, 0.6) is 0 Å². The molecule has 1 aliphatic rings. The fourth-order valence-electron chi connectivity index (χ4n) is 1.69. The number of ether oxygens (including phenoxy) is 1. The van der Waals surface area contributed by atoms with Crippen LogP contribution in [0.3, 0.4) is 0 Å². The molecular formula is C12H14BrNO2. The lowest BCUT2D eigenvalue weighted by molar-refractivity contribution is 0.104. The summed E-state index contributed by atoms with van der Waals surface area (Å²) in [5, 5.41) is 0. The molecule has 0 radical (unpaired) electrons. The lowest BCUT2D eigenvalue weighted by atomic mass is 10.2. The largest absolute Gasteiger partial charge is 0.445 e. The highest BCUT2D eigenvalue weighted by atomic mass is 79.9. The van der Waals surface area contributed by atoms with Crippen molar-refractivity contribution < 1.29 is 9.53 Å². The summed E-state index contributed by atoms with van der Waals surface area (Å²) in [6.45, 7) is 1.88. The van der Waals surface area contributed by atoms with Crippen molar-refractivity contribution in [2.45, 2.75) is 17.9 Å². The quantitative estimate of drug-likeness (QED) is 0.781. The second kappa shape index (κ2) is 5.34. The Bertz CT molecular complexity index is 355. The Morgan fingerprint density at radius 1 is 1.44 bits per heavy atom. The van der Waals surface area contributed by atoms with Crippen LogP contribution in [-0.4, -0.2) is 28.9 Å². The van der Waals surface area contributed by atoms with E-state index in [4.69, 9.17) is 4.74 Å². The standard InChI is InChI=1S/C12H14BrNO2/c13-11-6-7-14(8-11)12(15)16-9-10-4-2-1-3-5-10/h1-5,11H,6-9H2/t11-/m1/s1. The van der Waals surface area contributed by atoms with E-state index in [1.807, 2.05) is 30.3 Å². The van der Waals surface area contributed by atoms with E-state index >= 15 is 0 Å². The number of rotatable bonds is 2. The highest BCUT2D eigenvalue weighted by Crippen LogP contribution is 2.17. The van der Waals surface area contributed by atoms with E-state index in [2.05, 4.69) is 15.9 Å². The van der Waals surface area contributed by atoms with Crippen molar-refractivity contribution in [3.05, 3.63) is 35.9 Å². The van der Waals surface area contributed by atoms with Gasteiger partial charge < -0.3 is 9.64 Å². The van der Waals surface area contributed by atoms with E-state index in [-0.39, 0.29) is 6.09 Å². The third-order valence-electron chi connectivity index (χ3n) is 2.59. The van der Waals surface area contributed by atoms with Gasteiger partial charge in [-0.15, -0.1) is 0 Å². The molecular weight excluding hydrogens is 270 g/mol. The van der Waals surface area contributed by atoms with Crippen molar-refractivity contribution >= 4 is 22.0 Å². The van der Waals surface area contributed by atoms with Crippen LogP contribution in [0.15, 0.2) is 30.3 Å². The maximum absolute atomic E-state index is 11.6. The van der Waals surface area contributed by atoms with Gasteiger partial charge in [-0.3, -0.25) is 0 Å². The predicted octanol–water partition coefficient (Wildman–Crippen LogP) is 2.79. The van der Waals surface area contributed by atoms with Gasteiger partial charge in [0.1, 0.15) is 6.61 Å². The molecule has 16 heavy (non-hydrogen) atoms. The van der Waals surface area contributed by atoms with E-state index in [1.54, 1.807) is 4.90 Å². The first-order valence-electron chi connectivity index (χ1n) is 5.35. The van der Waals surface area contributed by atoms with E-state index in [0.717, 1.165) is 25.1 Å². The van der Waals surface area contributed by atoms with Crippen molar-refractivity contribution in [2.24, 2.45) is 0 Å². The topological polar surface area (TPSA) is 29.5 Å². The van der Waals surface area contributed by atoms with Crippen molar-refractivity contribution in [1.29, 1.82) is 0 Å². The summed E-state index contributed by atoms with van der Waals surface area (Å²) < 4.78 is 5.23. The Kier molecular flexibility index (Phi) is 3.83. The molecule has 0 unspecified atom stereocenters. The summed E-state index contributed by atoms with van der Waals surface area (Å²) >= 11 is 3.49. The Morgan fingerprint density at radius 2 is 2.19 bits per heavy atom. The summed E-state index contributed by atoms with van der Waals surface area (Å²) in [5.41, 5.74) is 1.02. The zero-order valence-electron chi connectivity index (χ0n) is 8.93. The van der Waals surface area contributed by atoms with E-state index in [1.165, 1.54) is 0 Å². The number of hydrogen-bond donors (Lipinski definition) is 0. The first kappa shape index (κ1) is 11.5. The zero-order chi connectivity index (χ0) is 11.4. The minimum Gasteiger partial charge on any atom is -0.445 e. The average molecular weight is 284 g/mol. The van der Waals surface area contributed by atoms with Gasteiger partial charge in [-0.1, -0.05) is 46.3 Å². The van der Waals surface area contributed by atoms with Gasteiger partial charge in [0.15, 0.2) is 0 Å². The molecule has 0 spiro atoms. The second-order valence-corrected chi connectivity index (χ2v) is 5.17. The summed E-state index contributed by atoms with van der Waals surface area (Å²) in [6, 6.07) is 9.72. The molecule has 4 heteroatoms. The second-order valence-electron chi connectivity index (χ2n) is 3.87. The van der Waals surface area contributed by atoms with E-state index < -0.39 is 0 Å². The SMILES string of the molecule is O=C(OCc1ccccc1)N1CC[C@@H](Br)C1. The molecule has 1 amide bonds. The third-order valence-corrected chi connectivity index (χ3v) is 3.34. The van der Waals surface area contributed by atoms with Crippen molar-refractivity contribution in [3.63, 3.8) is 0 Å². The van der Waals surface area contributed by atoms with Crippen molar-refractivity contribution in [3.8, 4) is 0 Å². The van der Waals surface area contributed by atoms with Crippen LogP contribution >= 0.6 is 15.9 Å². The smallest absolute Gasteiger partial charge is 0.410 e. The number of likely N-dealkylation sites (tertiary alicyclic amines) is 1. The van der Waals surface area contributed by atoms with Crippen LogP contribution in [0.1, 0.15) is 12.0 Å². The summed E-state index contributed by atoms with van der Waals surface area (Å²) in [4.78, 5) is 13.8. The number of amides is 1. The van der Waals surface area contributed by atoms with Gasteiger partial charge in [0.2, 0.25) is 0 Å². The van der Waals surface area contributed by atoms with Gasteiger partial charge in [0, 0.05) is 17.9 Å². The molecule has 1 saturated heterocycles. The fraction of sp³-hybridized carbons (Fsp3) is 0.417. The van der Waals surface area contributed by atoms with E-state index in [9.17, 15) is 4.79 Å². The number of nitrogens with zero attached hydrogens (tertiary/aromatic N) is 1. The molecule has 0 saturated carbocycles. The van der Waals surface area contributed by atoms with Gasteiger partial charge in [0.05, 0.1) is 0 Å². The Balaban J connectivity index is 1.80. The van der Waals surface area contributed by atoms with Gasteiger partial charge in [-0.05, 0) is 12.0 Å². The first-order valence-corrected chi connectivity index (χ1v) is 6.27. The lowest BCUT2D eigenvalue weighted by Gasteiger charge is -2.15. The molecule has 2 rings (SSSR count). The predicted molar refractivity (Wildman–Crippen MR) is 65.5 cm³/mol. The molecule has 1 aliphatic heterocycles. The summed E-state index contributed by atoms with van der Waals surface area (Å²) in [5.74, 6) is 0. The van der Waals surface area contributed by atoms with Crippen LogP contribution in [0.25, 0.3) is 0 Å². The number of benzene rings is 1. The maximum atomic E-state index is 11.6. The fourth-order valence-corrected chi connectivity index (χ4v) is 2.25. The van der Waals surface area contributed by atoms with Crippen LogP contribution in [0.4, 0.5) is 4.79 Å². The van der Waals surface area contributed by atoms with Gasteiger partial charge >= 0.3 is 6.09 Å². The molecule has 1 aromatic rings. The molecule has 3 nitrogen and oxygen atoms in total. The summed E-state index contributed by atoms with van der Waals surface area (Å²) in [6.07, 6.45) is 0.784. The number of halogens is 1. The molecule has 1 atom stereocenters. The third kappa shape index (κ3) is 2.98. The number of alkyl halides is 1. The molecule has 86 valence electrons. The van der Waals surface area contributed by atoms with Crippen LogP contribution in [0.2, 0.25) is 0 Å². The average Bonchev–Trinajstić information content (AvgIpc) is 2.74. The van der Waals surface area contributed by atoms with Crippen LogP contribution < -0.4 is 0 Å². The molecule has 0 N–H and O–H groups in total. The number of carbonyl (C=O) groups excluding carboxylic acids is 1. The molecule has 1 heterocycles. The minimum absolute atomic E-state index is 0.217. The van der Waals surface area contributed by atoms with Crippen molar-refractivity contribution in [2.75, 3.05) is 13.1 Å². The Labute approximate surface area is 104 Å². The molecule has 0 aromatic heterocycles. The van der Waals surface area contributed by atoms with Gasteiger partial charge in [-0.25, -0.2) is 4.79 Å². The molecule has 0 aliphatic carbocycles. The van der Waals surface area contributed by atoms with Crippen LogP contribution in [-0.2, 0) is 11.3 Å². The normalized spacial score (nSPS) is 19.8. The maximum Gasteiger partial charge on any atom is 0.410 e. The molecule has 1 aromatic carbocycles. The van der Waals surface area contributed by atoms with E-state index in [0.29, 0.717) is 11.4 Å². The van der Waals surface area contributed by atoms with Crippen LogP contribution in [0, 0.1) is 0 Å². The van der Waals surface area contributed by atoms with Crippen molar-refractivity contribution in [1.82, 2.24) is 4.90 Å². The lowest BCUT2D eigenvalue weighted by Crippen LogP contribution is -2.29. The Hall–Kier alpha value is -1.03. The highest BCUT2D eigenvalue weighted by molar-refractivity contribution is 9.09. The highest BCUT2D eigenvalue weighted by Gasteiger charge is 2.25. The summed E-state index contributed by atoms with van der Waals surface area (Å²) in [7, 11) is 0. The van der Waals surface area contributed by atoms with Gasteiger partial charge in [0.25, 0.3) is 0 Å². The Morgan fingerprint density at radius 3 is 2.81 bits per heavy atom. The molecule has 1 fully saturated rings. The number of carbonyl (C=O) groups is 1. The number of hydrogen-bond acceptors (Lipinski definition) is 2. The molecule has 0 bridgehead atoms. The first-order chi connectivity index (χ1) is 7.75. The minimum atomic E-state index is -0.217. The zero-order valence-corrected chi connectivity index (χ0v) is 10.5.